The van der Waals surface area contributed by atoms with Crippen LogP contribution in [0.15, 0.2) is 72.8 Å². The number of ether oxygens (including phenoxy) is 1. The standard InChI is InChI=1S/C27H20N4O/c1-32-27-12-10-24(11-13-27)31-25-8-9-26(31)17-23-7-5-21(30-23)15-19-3-2-18(28-19)14-20-4-6-22(16-25)29-20/h2-17,28H,1H3. The minimum absolute atomic E-state index is 0.828. The van der Waals surface area contributed by atoms with E-state index in [1.807, 2.05) is 48.6 Å². The van der Waals surface area contributed by atoms with Crippen molar-refractivity contribution >= 4 is 46.4 Å². The topological polar surface area (TPSA) is 55.7 Å². The molecule has 2 aliphatic rings. The largest absolute Gasteiger partial charge is 0.497 e. The van der Waals surface area contributed by atoms with Crippen LogP contribution in [0.4, 0.5) is 0 Å². The van der Waals surface area contributed by atoms with Gasteiger partial charge in [-0.05, 0) is 97.1 Å². The summed E-state index contributed by atoms with van der Waals surface area (Å²) in [7, 11) is 1.68. The van der Waals surface area contributed by atoms with Crippen molar-refractivity contribution in [3.63, 3.8) is 0 Å². The highest BCUT2D eigenvalue weighted by atomic mass is 16.5. The number of hydrogen-bond donors (Lipinski definition) is 1. The minimum Gasteiger partial charge on any atom is -0.497 e. The van der Waals surface area contributed by atoms with Crippen LogP contribution in [0.1, 0.15) is 22.8 Å². The van der Waals surface area contributed by atoms with E-state index < -0.39 is 0 Å². The fourth-order valence-electron chi connectivity index (χ4n) is 4.05. The van der Waals surface area contributed by atoms with Gasteiger partial charge in [-0.3, -0.25) is 0 Å². The van der Waals surface area contributed by atoms with Gasteiger partial charge in [-0.15, -0.1) is 0 Å². The van der Waals surface area contributed by atoms with Gasteiger partial charge in [-0.1, -0.05) is 0 Å². The zero-order chi connectivity index (χ0) is 21.5. The molecule has 0 saturated heterocycles. The second kappa shape index (κ2) is 7.39. The van der Waals surface area contributed by atoms with Gasteiger partial charge >= 0.3 is 0 Å². The number of aromatic amines is 1. The summed E-state index contributed by atoms with van der Waals surface area (Å²) in [6.45, 7) is 0. The number of aromatic nitrogens is 4. The van der Waals surface area contributed by atoms with E-state index in [4.69, 9.17) is 14.7 Å². The Morgan fingerprint density at radius 3 is 1.62 bits per heavy atom. The van der Waals surface area contributed by atoms with Crippen LogP contribution in [0.3, 0.4) is 0 Å². The maximum absolute atomic E-state index is 5.34. The Labute approximate surface area is 185 Å². The molecule has 0 fully saturated rings. The fraction of sp³-hybridized carbons (Fsp3) is 0.0370. The Morgan fingerprint density at radius 1 is 0.625 bits per heavy atom. The minimum atomic E-state index is 0.828. The number of nitrogens with one attached hydrogen (secondary N) is 1. The smallest absolute Gasteiger partial charge is 0.119 e. The highest BCUT2D eigenvalue weighted by Crippen LogP contribution is 2.24. The fourth-order valence-corrected chi connectivity index (χ4v) is 4.05. The Morgan fingerprint density at radius 2 is 1.12 bits per heavy atom. The first-order valence-corrected chi connectivity index (χ1v) is 10.5. The van der Waals surface area contributed by atoms with Crippen molar-refractivity contribution in [2.45, 2.75) is 0 Å². The first kappa shape index (κ1) is 18.4. The molecular weight excluding hydrogens is 396 g/mol. The lowest BCUT2D eigenvalue weighted by Crippen LogP contribution is -1.94. The van der Waals surface area contributed by atoms with E-state index in [-0.39, 0.29) is 0 Å². The number of benzene rings is 1. The van der Waals surface area contributed by atoms with Gasteiger partial charge in [-0.2, -0.15) is 0 Å². The molecule has 0 amide bonds. The molecule has 8 bridgehead atoms. The second-order valence-electron chi connectivity index (χ2n) is 7.75. The van der Waals surface area contributed by atoms with Crippen molar-refractivity contribution in [2.24, 2.45) is 0 Å². The van der Waals surface area contributed by atoms with E-state index in [0.717, 1.165) is 56.3 Å². The van der Waals surface area contributed by atoms with Crippen molar-refractivity contribution in [3.05, 3.63) is 95.6 Å². The van der Waals surface area contributed by atoms with E-state index in [1.165, 1.54) is 0 Å². The van der Waals surface area contributed by atoms with Gasteiger partial charge in [0.2, 0.25) is 0 Å². The summed E-state index contributed by atoms with van der Waals surface area (Å²) in [5.41, 5.74) is 8.80. The quantitative estimate of drug-likeness (QED) is 0.370. The maximum atomic E-state index is 5.34. The number of methoxy groups -OCH3 is 1. The Kier molecular flexibility index (Phi) is 4.25. The molecule has 0 aliphatic carbocycles. The molecule has 32 heavy (non-hydrogen) atoms. The summed E-state index contributed by atoms with van der Waals surface area (Å²) in [4.78, 5) is 13.0. The van der Waals surface area contributed by atoms with Crippen molar-refractivity contribution in [2.75, 3.05) is 7.11 Å². The predicted octanol–water partition coefficient (Wildman–Crippen LogP) is 6.13. The zero-order valence-corrected chi connectivity index (χ0v) is 17.5. The van der Waals surface area contributed by atoms with E-state index in [0.29, 0.717) is 0 Å². The first-order chi connectivity index (χ1) is 15.7. The summed E-state index contributed by atoms with van der Waals surface area (Å²) in [5.74, 6) is 0.828. The monoisotopic (exact) mass is 416 g/mol. The van der Waals surface area contributed by atoms with Gasteiger partial charge in [-0.25, -0.2) is 9.97 Å². The third kappa shape index (κ3) is 3.40. The molecule has 154 valence electrons. The highest BCUT2D eigenvalue weighted by Gasteiger charge is 2.07. The number of hydrogen-bond acceptors (Lipinski definition) is 3. The van der Waals surface area contributed by atoms with E-state index in [9.17, 15) is 0 Å². The lowest BCUT2D eigenvalue weighted by Gasteiger charge is -2.08. The van der Waals surface area contributed by atoms with E-state index in [1.54, 1.807) is 7.11 Å². The molecule has 5 heterocycles. The number of nitrogens with zero attached hydrogens (tertiary/aromatic N) is 3. The van der Waals surface area contributed by atoms with Crippen molar-refractivity contribution < 1.29 is 4.74 Å². The molecule has 2 aliphatic heterocycles. The van der Waals surface area contributed by atoms with Gasteiger partial charge < -0.3 is 14.3 Å². The number of H-pyrrole nitrogens is 1. The van der Waals surface area contributed by atoms with Crippen molar-refractivity contribution in [3.8, 4) is 11.4 Å². The predicted molar refractivity (Wildman–Crippen MR) is 130 cm³/mol. The zero-order valence-electron chi connectivity index (χ0n) is 17.5. The summed E-state index contributed by atoms with van der Waals surface area (Å²) in [6.07, 6.45) is 8.15. The normalized spacial score (nSPS) is 12.3. The lowest BCUT2D eigenvalue weighted by atomic mass is 10.3. The highest BCUT2D eigenvalue weighted by molar-refractivity contribution is 5.78. The molecule has 0 unspecified atom stereocenters. The van der Waals surface area contributed by atoms with Gasteiger partial charge in [0.05, 0.1) is 29.9 Å². The van der Waals surface area contributed by atoms with Crippen LogP contribution in [0.5, 0.6) is 5.75 Å². The van der Waals surface area contributed by atoms with Gasteiger partial charge in [0.25, 0.3) is 0 Å². The SMILES string of the molecule is COc1ccc(-n2c3ccc2cc2nc(cc4ccc(cc5nc(c3)C=C5)[nH]4)C=C2)cc1. The molecule has 6 rings (SSSR count). The average Bonchev–Trinajstić information content (AvgIpc) is 3.59. The van der Waals surface area contributed by atoms with E-state index in [2.05, 4.69) is 58.1 Å². The molecule has 5 nitrogen and oxygen atoms in total. The molecule has 0 atom stereocenters. The van der Waals surface area contributed by atoms with Gasteiger partial charge in [0.15, 0.2) is 0 Å². The van der Waals surface area contributed by atoms with E-state index >= 15 is 0 Å². The van der Waals surface area contributed by atoms with Crippen LogP contribution < -0.4 is 4.74 Å². The molecule has 1 N–H and O–H groups in total. The second-order valence-corrected chi connectivity index (χ2v) is 7.75. The summed E-state index contributed by atoms with van der Waals surface area (Å²) >= 11 is 0. The summed E-state index contributed by atoms with van der Waals surface area (Å²) < 4.78 is 7.55. The lowest BCUT2D eigenvalue weighted by molar-refractivity contribution is 0.415. The van der Waals surface area contributed by atoms with Crippen LogP contribution in [0, 0.1) is 0 Å². The maximum Gasteiger partial charge on any atom is 0.119 e. The Bertz CT molecular complexity index is 1460. The number of fused-ring (bicyclic) bond motifs is 8. The van der Waals surface area contributed by atoms with Gasteiger partial charge in [0.1, 0.15) is 5.75 Å². The molecule has 1 aromatic carbocycles. The van der Waals surface area contributed by atoms with Gasteiger partial charge in [0, 0.05) is 27.8 Å². The molecular formula is C27H20N4O. The molecule has 3 aromatic heterocycles. The van der Waals surface area contributed by atoms with Crippen LogP contribution in [0.2, 0.25) is 0 Å². The summed E-state index contributed by atoms with van der Waals surface area (Å²) in [5, 5.41) is 0. The third-order valence-corrected chi connectivity index (χ3v) is 5.57. The summed E-state index contributed by atoms with van der Waals surface area (Å²) in [6, 6.07) is 24.7. The van der Waals surface area contributed by atoms with Crippen LogP contribution in [-0.4, -0.2) is 26.6 Å². The Balaban J connectivity index is 1.68. The molecule has 0 radical (unpaired) electrons. The van der Waals surface area contributed by atoms with Crippen LogP contribution in [0.25, 0.3) is 52.1 Å². The first-order valence-electron chi connectivity index (χ1n) is 10.5. The molecule has 5 heteroatoms. The van der Waals surface area contributed by atoms with Crippen LogP contribution in [-0.2, 0) is 0 Å². The third-order valence-electron chi connectivity index (χ3n) is 5.57. The number of rotatable bonds is 2. The van der Waals surface area contributed by atoms with Crippen LogP contribution >= 0.6 is 0 Å². The average molecular weight is 416 g/mol. The Hall–Kier alpha value is -4.38. The molecule has 0 saturated carbocycles. The van der Waals surface area contributed by atoms with Crippen molar-refractivity contribution in [1.82, 2.24) is 19.5 Å². The molecule has 4 aromatic rings. The van der Waals surface area contributed by atoms with Crippen molar-refractivity contribution in [1.29, 1.82) is 0 Å². The molecule has 0 spiro atoms.